The van der Waals surface area contributed by atoms with Gasteiger partial charge in [-0.1, -0.05) is 12.1 Å². The number of aromatic nitrogens is 3. The first-order valence-electron chi connectivity index (χ1n) is 7.77. The molecule has 1 aromatic carbocycles. The van der Waals surface area contributed by atoms with E-state index in [4.69, 9.17) is 0 Å². The van der Waals surface area contributed by atoms with Crippen LogP contribution in [0.4, 0.5) is 5.69 Å². The Morgan fingerprint density at radius 2 is 2.23 bits per heavy atom. The van der Waals surface area contributed by atoms with E-state index in [1.165, 1.54) is 0 Å². The van der Waals surface area contributed by atoms with Gasteiger partial charge in [-0.2, -0.15) is 0 Å². The Morgan fingerprint density at radius 3 is 3.00 bits per heavy atom. The molecule has 0 saturated carbocycles. The van der Waals surface area contributed by atoms with Crippen LogP contribution in [0.5, 0.6) is 0 Å². The van der Waals surface area contributed by atoms with Gasteiger partial charge in [-0.25, -0.2) is 0 Å². The van der Waals surface area contributed by atoms with Gasteiger partial charge >= 0.3 is 0 Å². The van der Waals surface area contributed by atoms with Crippen LogP contribution >= 0.6 is 0 Å². The van der Waals surface area contributed by atoms with Gasteiger partial charge in [0.15, 0.2) is 5.82 Å². The summed E-state index contributed by atoms with van der Waals surface area (Å²) in [4.78, 5) is 12.3. The molecule has 0 spiro atoms. The minimum atomic E-state index is 0.101. The molecule has 2 N–H and O–H groups in total. The highest BCUT2D eigenvalue weighted by molar-refractivity contribution is 5.93. The first-order valence-corrected chi connectivity index (χ1v) is 7.77. The van der Waals surface area contributed by atoms with Crippen molar-refractivity contribution in [2.24, 2.45) is 5.92 Å². The van der Waals surface area contributed by atoms with Crippen LogP contribution in [0.25, 0.3) is 11.4 Å². The number of nitrogens with one attached hydrogen (secondary N) is 2. The summed E-state index contributed by atoms with van der Waals surface area (Å²) in [5.74, 6) is 1.03. The Labute approximate surface area is 129 Å². The topological polar surface area (TPSA) is 71.8 Å². The molecule has 0 atom stereocenters. The molecule has 6 heteroatoms. The van der Waals surface area contributed by atoms with Crippen molar-refractivity contribution in [3.05, 3.63) is 30.6 Å². The summed E-state index contributed by atoms with van der Waals surface area (Å²) in [6, 6.07) is 7.78. The monoisotopic (exact) mass is 299 g/mol. The highest BCUT2D eigenvalue weighted by Gasteiger charge is 2.21. The fourth-order valence-corrected chi connectivity index (χ4v) is 2.77. The molecule has 116 valence electrons. The van der Waals surface area contributed by atoms with E-state index in [0.717, 1.165) is 49.6 Å². The summed E-state index contributed by atoms with van der Waals surface area (Å²) in [5, 5.41) is 14.4. The number of benzene rings is 1. The zero-order chi connectivity index (χ0) is 15.4. The predicted molar refractivity (Wildman–Crippen MR) is 85.4 cm³/mol. The third kappa shape index (κ3) is 3.17. The molecule has 0 aliphatic carbocycles. The molecule has 2 heterocycles. The number of carbonyl (C=O) groups is 1. The third-order valence-corrected chi connectivity index (χ3v) is 4.05. The van der Waals surface area contributed by atoms with Gasteiger partial charge in [-0.15, -0.1) is 10.2 Å². The summed E-state index contributed by atoms with van der Waals surface area (Å²) < 4.78 is 1.98. The number of piperidine rings is 1. The maximum atomic E-state index is 12.3. The van der Waals surface area contributed by atoms with Gasteiger partial charge in [-0.3, -0.25) is 4.79 Å². The van der Waals surface area contributed by atoms with Crippen molar-refractivity contribution in [3.63, 3.8) is 0 Å². The number of nitrogens with zero attached hydrogens (tertiary/aromatic N) is 3. The molecule has 2 aromatic rings. The van der Waals surface area contributed by atoms with Gasteiger partial charge in [0, 0.05) is 23.7 Å². The Hall–Kier alpha value is -2.21. The summed E-state index contributed by atoms with van der Waals surface area (Å²) >= 11 is 0. The van der Waals surface area contributed by atoms with E-state index >= 15 is 0 Å². The van der Waals surface area contributed by atoms with E-state index in [-0.39, 0.29) is 11.8 Å². The SMILES string of the molecule is CCn1cnnc1-c1cccc(NC(=O)C2CCNCC2)c1. The highest BCUT2D eigenvalue weighted by Crippen LogP contribution is 2.22. The Morgan fingerprint density at radius 1 is 1.41 bits per heavy atom. The summed E-state index contributed by atoms with van der Waals surface area (Å²) in [6.45, 7) is 4.69. The van der Waals surface area contributed by atoms with Crippen molar-refractivity contribution in [2.75, 3.05) is 18.4 Å². The summed E-state index contributed by atoms with van der Waals surface area (Å²) in [5.41, 5.74) is 1.77. The molecule has 1 aliphatic heterocycles. The zero-order valence-electron chi connectivity index (χ0n) is 12.7. The second kappa shape index (κ2) is 6.70. The lowest BCUT2D eigenvalue weighted by Crippen LogP contribution is -2.34. The molecule has 1 saturated heterocycles. The number of hydrogen-bond acceptors (Lipinski definition) is 4. The van der Waals surface area contributed by atoms with Gasteiger partial charge in [0.25, 0.3) is 0 Å². The Balaban J connectivity index is 1.75. The molecule has 22 heavy (non-hydrogen) atoms. The van der Waals surface area contributed by atoms with Crippen LogP contribution in [0, 0.1) is 5.92 Å². The number of amides is 1. The Bertz CT molecular complexity index is 645. The van der Waals surface area contributed by atoms with Gasteiger partial charge in [0.05, 0.1) is 0 Å². The van der Waals surface area contributed by atoms with Gasteiger partial charge < -0.3 is 15.2 Å². The largest absolute Gasteiger partial charge is 0.326 e. The summed E-state index contributed by atoms with van der Waals surface area (Å²) in [7, 11) is 0. The van der Waals surface area contributed by atoms with Crippen molar-refractivity contribution in [1.29, 1.82) is 0 Å². The molecular formula is C16H21N5O. The standard InChI is InChI=1S/C16H21N5O/c1-2-21-11-18-20-15(21)13-4-3-5-14(10-13)19-16(22)12-6-8-17-9-7-12/h3-5,10-12,17H,2,6-9H2,1H3,(H,19,22). The number of hydrogen-bond donors (Lipinski definition) is 2. The summed E-state index contributed by atoms with van der Waals surface area (Å²) in [6.07, 6.45) is 3.51. The van der Waals surface area contributed by atoms with Gasteiger partial charge in [0.2, 0.25) is 5.91 Å². The molecular weight excluding hydrogens is 278 g/mol. The molecule has 1 amide bonds. The first-order chi connectivity index (χ1) is 10.8. The fraction of sp³-hybridized carbons (Fsp3) is 0.438. The van der Waals surface area contributed by atoms with Crippen molar-refractivity contribution in [2.45, 2.75) is 26.3 Å². The molecule has 1 aliphatic rings. The van der Waals surface area contributed by atoms with Crippen molar-refractivity contribution < 1.29 is 4.79 Å². The van der Waals surface area contributed by atoms with E-state index in [9.17, 15) is 4.79 Å². The molecule has 0 bridgehead atoms. The molecule has 1 aromatic heterocycles. The third-order valence-electron chi connectivity index (χ3n) is 4.05. The maximum Gasteiger partial charge on any atom is 0.227 e. The number of carbonyl (C=O) groups excluding carboxylic acids is 1. The Kier molecular flexibility index (Phi) is 4.48. The van der Waals surface area contributed by atoms with Crippen LogP contribution in [-0.2, 0) is 11.3 Å². The van der Waals surface area contributed by atoms with E-state index < -0.39 is 0 Å². The molecule has 0 radical (unpaired) electrons. The van der Waals surface area contributed by atoms with E-state index in [2.05, 4.69) is 27.8 Å². The number of aryl methyl sites for hydroxylation is 1. The van der Waals surface area contributed by atoms with Crippen molar-refractivity contribution in [1.82, 2.24) is 20.1 Å². The predicted octanol–water partition coefficient (Wildman–Crippen LogP) is 1.90. The fourth-order valence-electron chi connectivity index (χ4n) is 2.77. The van der Waals surface area contributed by atoms with Crippen LogP contribution in [0.3, 0.4) is 0 Å². The van der Waals surface area contributed by atoms with Crippen LogP contribution < -0.4 is 10.6 Å². The second-order valence-electron chi connectivity index (χ2n) is 5.53. The average molecular weight is 299 g/mol. The van der Waals surface area contributed by atoms with Crippen molar-refractivity contribution >= 4 is 11.6 Å². The van der Waals surface area contributed by atoms with Crippen LogP contribution in [-0.4, -0.2) is 33.8 Å². The van der Waals surface area contributed by atoms with E-state index in [1.807, 2.05) is 28.8 Å². The number of rotatable bonds is 4. The molecule has 1 fully saturated rings. The molecule has 3 rings (SSSR count). The minimum Gasteiger partial charge on any atom is -0.326 e. The first kappa shape index (κ1) is 14.7. The van der Waals surface area contributed by atoms with Crippen LogP contribution in [0.15, 0.2) is 30.6 Å². The van der Waals surface area contributed by atoms with E-state index in [1.54, 1.807) is 6.33 Å². The molecule has 6 nitrogen and oxygen atoms in total. The number of anilines is 1. The lowest BCUT2D eigenvalue weighted by Gasteiger charge is -2.21. The normalized spacial score (nSPS) is 15.7. The van der Waals surface area contributed by atoms with Crippen LogP contribution in [0.2, 0.25) is 0 Å². The van der Waals surface area contributed by atoms with Crippen molar-refractivity contribution in [3.8, 4) is 11.4 Å². The maximum absolute atomic E-state index is 12.3. The minimum absolute atomic E-state index is 0.101. The van der Waals surface area contributed by atoms with Gasteiger partial charge in [0.1, 0.15) is 6.33 Å². The zero-order valence-corrected chi connectivity index (χ0v) is 12.7. The average Bonchev–Trinajstić information content (AvgIpc) is 3.04. The smallest absolute Gasteiger partial charge is 0.227 e. The lowest BCUT2D eigenvalue weighted by molar-refractivity contribution is -0.120. The molecule has 0 unspecified atom stereocenters. The quantitative estimate of drug-likeness (QED) is 0.904. The van der Waals surface area contributed by atoms with E-state index in [0.29, 0.717) is 0 Å². The highest BCUT2D eigenvalue weighted by atomic mass is 16.1. The van der Waals surface area contributed by atoms with Gasteiger partial charge in [-0.05, 0) is 45.0 Å². The van der Waals surface area contributed by atoms with Crippen LogP contribution in [0.1, 0.15) is 19.8 Å². The second-order valence-corrected chi connectivity index (χ2v) is 5.53. The lowest BCUT2D eigenvalue weighted by atomic mass is 9.97.